The second-order valence-electron chi connectivity index (χ2n) is 3.56. The van der Waals surface area contributed by atoms with Crippen LogP contribution in [-0.2, 0) is 0 Å². The van der Waals surface area contributed by atoms with E-state index in [2.05, 4.69) is 16.9 Å². The maximum Gasteiger partial charge on any atom is 0.185 e. The van der Waals surface area contributed by atoms with Gasteiger partial charge in [-0.15, -0.1) is 0 Å². The Bertz CT molecular complexity index is 294. The lowest BCUT2D eigenvalue weighted by Crippen LogP contribution is -2.18. The molecule has 2 rings (SSSR count). The molecule has 0 amide bonds. The van der Waals surface area contributed by atoms with Crippen molar-refractivity contribution in [3.63, 3.8) is 0 Å². The smallest absolute Gasteiger partial charge is 0.185 e. The Kier molecular flexibility index (Phi) is 2.26. The van der Waals surface area contributed by atoms with Crippen molar-refractivity contribution in [1.82, 2.24) is 4.98 Å². The molecule has 1 aromatic rings. The van der Waals surface area contributed by atoms with Crippen molar-refractivity contribution in [2.45, 2.75) is 31.9 Å². The molecule has 1 atom stereocenters. The van der Waals surface area contributed by atoms with Crippen LogP contribution < -0.4 is 4.90 Å². The van der Waals surface area contributed by atoms with E-state index in [-0.39, 0.29) is 6.10 Å². The molecule has 0 spiro atoms. The first-order valence-electron chi connectivity index (χ1n) is 4.55. The van der Waals surface area contributed by atoms with Crippen molar-refractivity contribution in [1.29, 1.82) is 0 Å². The summed E-state index contributed by atoms with van der Waals surface area (Å²) in [5, 5.41) is 10.4. The van der Waals surface area contributed by atoms with Gasteiger partial charge in [-0.3, -0.25) is 0 Å². The zero-order valence-corrected chi connectivity index (χ0v) is 8.71. The van der Waals surface area contributed by atoms with Gasteiger partial charge in [-0.2, -0.15) is 0 Å². The molecule has 0 radical (unpaired) electrons. The highest BCUT2D eigenvalue weighted by Gasteiger charge is 2.28. The zero-order valence-electron chi connectivity index (χ0n) is 7.90. The van der Waals surface area contributed by atoms with Gasteiger partial charge in [0, 0.05) is 19.3 Å². The van der Waals surface area contributed by atoms with Crippen LogP contribution in [0.1, 0.15) is 30.7 Å². The van der Waals surface area contributed by atoms with Gasteiger partial charge in [0.15, 0.2) is 5.13 Å². The molecule has 72 valence electrons. The van der Waals surface area contributed by atoms with Gasteiger partial charge in [0.1, 0.15) is 0 Å². The topological polar surface area (TPSA) is 36.4 Å². The van der Waals surface area contributed by atoms with E-state index in [9.17, 15) is 5.11 Å². The van der Waals surface area contributed by atoms with Gasteiger partial charge in [0.05, 0.1) is 11.0 Å². The van der Waals surface area contributed by atoms with E-state index in [4.69, 9.17) is 0 Å². The highest BCUT2D eigenvalue weighted by atomic mass is 32.1. The number of anilines is 1. The lowest BCUT2D eigenvalue weighted by atomic mass is 10.4. The average molecular weight is 198 g/mol. The third-order valence-electron chi connectivity index (χ3n) is 2.32. The first kappa shape index (κ1) is 8.97. The Morgan fingerprint density at radius 3 is 2.85 bits per heavy atom. The van der Waals surface area contributed by atoms with Crippen LogP contribution in [0.2, 0.25) is 0 Å². The highest BCUT2D eigenvalue weighted by molar-refractivity contribution is 7.15. The predicted octanol–water partition coefficient (Wildman–Crippen LogP) is 1.79. The van der Waals surface area contributed by atoms with E-state index in [0.29, 0.717) is 6.04 Å². The Balaban J connectivity index is 2.11. The summed E-state index contributed by atoms with van der Waals surface area (Å²) in [5.41, 5.74) is 0. The second kappa shape index (κ2) is 3.27. The van der Waals surface area contributed by atoms with Gasteiger partial charge in [0.2, 0.25) is 0 Å². The van der Waals surface area contributed by atoms with E-state index < -0.39 is 0 Å². The molecule has 1 aromatic heterocycles. The Morgan fingerprint density at radius 1 is 1.69 bits per heavy atom. The summed E-state index contributed by atoms with van der Waals surface area (Å²) in [5.74, 6) is 0. The van der Waals surface area contributed by atoms with E-state index in [0.717, 1.165) is 10.0 Å². The Hall–Kier alpha value is -0.610. The van der Waals surface area contributed by atoms with Gasteiger partial charge in [0.25, 0.3) is 0 Å². The van der Waals surface area contributed by atoms with Gasteiger partial charge in [-0.25, -0.2) is 4.98 Å². The van der Waals surface area contributed by atoms with E-state index >= 15 is 0 Å². The van der Waals surface area contributed by atoms with E-state index in [1.807, 2.05) is 0 Å². The minimum atomic E-state index is -0.390. The van der Waals surface area contributed by atoms with Gasteiger partial charge in [-0.05, 0) is 19.8 Å². The molecule has 0 aromatic carbocycles. The largest absolute Gasteiger partial charge is 0.388 e. The normalized spacial score (nSPS) is 18.7. The Morgan fingerprint density at radius 2 is 2.38 bits per heavy atom. The number of aromatic nitrogens is 1. The number of nitrogens with zero attached hydrogens (tertiary/aromatic N) is 2. The summed E-state index contributed by atoms with van der Waals surface area (Å²) >= 11 is 1.58. The lowest BCUT2D eigenvalue weighted by Gasteiger charge is -2.13. The van der Waals surface area contributed by atoms with Crippen LogP contribution in [0.25, 0.3) is 0 Å². The van der Waals surface area contributed by atoms with Crippen molar-refractivity contribution in [2.24, 2.45) is 0 Å². The third kappa shape index (κ3) is 1.84. The standard InChI is InChI=1S/C9H14N2OS/c1-6(12)8-5-10-9(13-8)11(2)7-3-4-7/h5-7,12H,3-4H2,1-2H3. The minimum Gasteiger partial charge on any atom is -0.388 e. The van der Waals surface area contributed by atoms with Crippen LogP contribution in [0.3, 0.4) is 0 Å². The maximum atomic E-state index is 9.32. The molecule has 3 nitrogen and oxygen atoms in total. The van der Waals surface area contributed by atoms with Crippen LogP contribution in [0, 0.1) is 0 Å². The van der Waals surface area contributed by atoms with Crippen molar-refractivity contribution in [3.8, 4) is 0 Å². The predicted molar refractivity (Wildman–Crippen MR) is 54.2 cm³/mol. The molecule has 1 fully saturated rings. The fourth-order valence-corrected chi connectivity index (χ4v) is 2.14. The molecule has 1 aliphatic carbocycles. The number of hydrogen-bond donors (Lipinski definition) is 1. The minimum absolute atomic E-state index is 0.390. The third-order valence-corrected chi connectivity index (χ3v) is 3.58. The summed E-state index contributed by atoms with van der Waals surface area (Å²) in [4.78, 5) is 7.43. The first-order valence-corrected chi connectivity index (χ1v) is 5.36. The molecule has 0 saturated heterocycles. The van der Waals surface area contributed by atoms with E-state index in [1.165, 1.54) is 12.8 Å². The fraction of sp³-hybridized carbons (Fsp3) is 0.667. The van der Waals surface area contributed by atoms with Crippen molar-refractivity contribution < 1.29 is 5.11 Å². The lowest BCUT2D eigenvalue weighted by molar-refractivity contribution is 0.203. The van der Waals surface area contributed by atoms with Crippen molar-refractivity contribution in [2.75, 3.05) is 11.9 Å². The summed E-state index contributed by atoms with van der Waals surface area (Å²) < 4.78 is 0. The van der Waals surface area contributed by atoms with Crippen LogP contribution in [0.5, 0.6) is 0 Å². The Labute approximate surface area is 82.0 Å². The summed E-state index contributed by atoms with van der Waals surface area (Å²) in [7, 11) is 2.07. The van der Waals surface area contributed by atoms with Crippen LogP contribution in [0.15, 0.2) is 6.20 Å². The second-order valence-corrected chi connectivity index (χ2v) is 4.60. The van der Waals surface area contributed by atoms with Crippen molar-refractivity contribution in [3.05, 3.63) is 11.1 Å². The average Bonchev–Trinajstić information content (AvgIpc) is 2.81. The molecular formula is C9H14N2OS. The molecule has 13 heavy (non-hydrogen) atoms. The van der Waals surface area contributed by atoms with Gasteiger partial charge >= 0.3 is 0 Å². The SMILES string of the molecule is CC(O)c1cnc(N(C)C2CC2)s1. The number of rotatable bonds is 3. The molecule has 1 unspecified atom stereocenters. The van der Waals surface area contributed by atoms with Crippen LogP contribution in [-0.4, -0.2) is 23.2 Å². The molecule has 0 bridgehead atoms. The van der Waals surface area contributed by atoms with Gasteiger partial charge in [-0.1, -0.05) is 11.3 Å². The van der Waals surface area contributed by atoms with E-state index in [1.54, 1.807) is 24.5 Å². The van der Waals surface area contributed by atoms with Crippen LogP contribution >= 0.6 is 11.3 Å². The molecule has 0 aliphatic heterocycles. The number of thiazole rings is 1. The number of aliphatic hydroxyl groups excluding tert-OH is 1. The molecule has 1 N–H and O–H groups in total. The quantitative estimate of drug-likeness (QED) is 0.804. The zero-order chi connectivity index (χ0) is 9.42. The molecule has 4 heteroatoms. The molecular weight excluding hydrogens is 184 g/mol. The molecule has 1 aliphatic rings. The number of hydrogen-bond acceptors (Lipinski definition) is 4. The molecule has 1 saturated carbocycles. The molecule has 1 heterocycles. The van der Waals surface area contributed by atoms with Crippen LogP contribution in [0.4, 0.5) is 5.13 Å². The van der Waals surface area contributed by atoms with Crippen molar-refractivity contribution >= 4 is 16.5 Å². The highest BCUT2D eigenvalue weighted by Crippen LogP contribution is 2.33. The maximum absolute atomic E-state index is 9.32. The first-order chi connectivity index (χ1) is 6.18. The summed E-state index contributed by atoms with van der Waals surface area (Å²) in [6.07, 6.45) is 3.93. The fourth-order valence-electron chi connectivity index (χ4n) is 1.25. The summed E-state index contributed by atoms with van der Waals surface area (Å²) in [6.45, 7) is 1.77. The number of aliphatic hydroxyl groups is 1. The monoisotopic (exact) mass is 198 g/mol. The summed E-state index contributed by atoms with van der Waals surface area (Å²) in [6, 6.07) is 0.688. The van der Waals surface area contributed by atoms with Gasteiger partial charge < -0.3 is 10.0 Å².